The Morgan fingerprint density at radius 2 is 1.77 bits per heavy atom. The van der Waals surface area contributed by atoms with Crippen LogP contribution in [0.2, 0.25) is 0 Å². The molecule has 3 rings (SSSR count). The fourth-order valence-corrected chi connectivity index (χ4v) is 3.44. The van der Waals surface area contributed by atoms with Crippen LogP contribution >= 0.6 is 0 Å². The summed E-state index contributed by atoms with van der Waals surface area (Å²) in [7, 11) is 0. The summed E-state index contributed by atoms with van der Waals surface area (Å²) >= 11 is 0. The topological polar surface area (TPSA) is 67.9 Å². The zero-order chi connectivity index (χ0) is 22.4. The van der Waals surface area contributed by atoms with E-state index in [4.69, 9.17) is 9.47 Å². The van der Waals surface area contributed by atoms with E-state index in [1.54, 1.807) is 25.1 Å². The number of amides is 2. The molecule has 7 heteroatoms. The van der Waals surface area contributed by atoms with Crippen molar-refractivity contribution in [3.63, 3.8) is 0 Å². The second-order valence-electron chi connectivity index (χ2n) is 7.93. The molecule has 0 spiro atoms. The highest BCUT2D eigenvalue weighted by atomic mass is 19.1. The molecule has 0 saturated carbocycles. The fraction of sp³-hybridized carbons (Fsp3) is 0.417. The summed E-state index contributed by atoms with van der Waals surface area (Å²) in [6, 6.07) is 11.1. The molecule has 2 amide bonds. The highest BCUT2D eigenvalue weighted by Gasteiger charge is 2.27. The van der Waals surface area contributed by atoms with Crippen LogP contribution in [0.25, 0.3) is 0 Å². The summed E-state index contributed by atoms with van der Waals surface area (Å²) in [4.78, 5) is 27.1. The van der Waals surface area contributed by atoms with Crippen molar-refractivity contribution in [2.45, 2.75) is 52.2 Å². The Hall–Kier alpha value is -3.09. The molecule has 0 fully saturated rings. The molecule has 166 valence electrons. The van der Waals surface area contributed by atoms with Gasteiger partial charge in [-0.1, -0.05) is 24.3 Å². The normalized spacial score (nSPS) is 13.6. The van der Waals surface area contributed by atoms with Gasteiger partial charge in [0.1, 0.15) is 25.1 Å². The molecule has 6 nitrogen and oxygen atoms in total. The Morgan fingerprint density at radius 3 is 2.48 bits per heavy atom. The third kappa shape index (κ3) is 5.96. The molecule has 0 radical (unpaired) electrons. The minimum absolute atomic E-state index is 0.0271. The van der Waals surface area contributed by atoms with Gasteiger partial charge in [-0.15, -0.1) is 0 Å². The minimum Gasteiger partial charge on any atom is -0.486 e. The number of benzene rings is 2. The van der Waals surface area contributed by atoms with Crippen molar-refractivity contribution in [3.05, 3.63) is 59.4 Å². The quantitative estimate of drug-likeness (QED) is 0.699. The first-order chi connectivity index (χ1) is 14.8. The van der Waals surface area contributed by atoms with Crippen LogP contribution in [-0.2, 0) is 22.6 Å². The average molecular weight is 429 g/mol. The largest absolute Gasteiger partial charge is 0.486 e. The van der Waals surface area contributed by atoms with Gasteiger partial charge in [0.2, 0.25) is 11.8 Å². The van der Waals surface area contributed by atoms with Crippen LogP contribution in [0.15, 0.2) is 42.5 Å². The maximum Gasteiger partial charge on any atom is 0.242 e. The van der Waals surface area contributed by atoms with Crippen LogP contribution in [0.4, 0.5) is 4.39 Å². The number of nitrogens with zero attached hydrogens (tertiary/aromatic N) is 1. The van der Waals surface area contributed by atoms with Crippen LogP contribution in [0.5, 0.6) is 11.5 Å². The SMILES string of the molecule is CC(C)NC(=O)[C@@H](C)N(Cc1ccccc1F)C(=O)CCc1ccc2c(c1)OCCO2. The lowest BCUT2D eigenvalue weighted by Gasteiger charge is -2.29. The molecule has 31 heavy (non-hydrogen) atoms. The van der Waals surface area contributed by atoms with E-state index in [-0.39, 0.29) is 30.8 Å². The zero-order valence-corrected chi connectivity index (χ0v) is 18.2. The molecule has 0 aromatic heterocycles. The highest BCUT2D eigenvalue weighted by molar-refractivity contribution is 5.87. The van der Waals surface area contributed by atoms with E-state index in [9.17, 15) is 14.0 Å². The molecular formula is C24H29FN2O4. The number of ether oxygens (including phenoxy) is 2. The van der Waals surface area contributed by atoms with Crippen molar-refractivity contribution in [2.75, 3.05) is 13.2 Å². The molecule has 2 aromatic rings. The molecule has 2 aromatic carbocycles. The van der Waals surface area contributed by atoms with Crippen molar-refractivity contribution >= 4 is 11.8 Å². The molecule has 1 N–H and O–H groups in total. The molecule has 1 aliphatic heterocycles. The summed E-state index contributed by atoms with van der Waals surface area (Å²) in [5.41, 5.74) is 1.31. The number of carbonyl (C=O) groups is 2. The van der Waals surface area contributed by atoms with E-state index < -0.39 is 11.9 Å². The number of carbonyl (C=O) groups excluding carboxylic acids is 2. The van der Waals surface area contributed by atoms with Gasteiger partial charge in [-0.2, -0.15) is 0 Å². The van der Waals surface area contributed by atoms with Gasteiger partial charge >= 0.3 is 0 Å². The third-order valence-electron chi connectivity index (χ3n) is 5.13. The first-order valence-corrected chi connectivity index (χ1v) is 10.6. The van der Waals surface area contributed by atoms with Crippen molar-refractivity contribution in [1.82, 2.24) is 10.2 Å². The summed E-state index contributed by atoms with van der Waals surface area (Å²) in [6.07, 6.45) is 0.662. The molecule has 0 unspecified atom stereocenters. The van der Waals surface area contributed by atoms with Crippen molar-refractivity contribution in [3.8, 4) is 11.5 Å². The molecule has 0 saturated heterocycles. The van der Waals surface area contributed by atoms with Crippen LogP contribution in [-0.4, -0.2) is 42.0 Å². The Morgan fingerprint density at radius 1 is 1.06 bits per heavy atom. The number of halogens is 1. The number of nitrogens with one attached hydrogen (secondary N) is 1. The van der Waals surface area contributed by atoms with Crippen LogP contribution in [0.1, 0.15) is 38.3 Å². The van der Waals surface area contributed by atoms with E-state index in [2.05, 4.69) is 5.32 Å². The van der Waals surface area contributed by atoms with E-state index in [1.165, 1.54) is 11.0 Å². The maximum absolute atomic E-state index is 14.2. The number of aryl methyl sites for hydroxylation is 1. The van der Waals surface area contributed by atoms with E-state index in [0.717, 1.165) is 5.56 Å². The number of hydrogen-bond donors (Lipinski definition) is 1. The minimum atomic E-state index is -0.727. The monoisotopic (exact) mass is 428 g/mol. The molecule has 1 atom stereocenters. The zero-order valence-electron chi connectivity index (χ0n) is 18.2. The van der Waals surface area contributed by atoms with Crippen LogP contribution in [0, 0.1) is 5.82 Å². The van der Waals surface area contributed by atoms with Crippen molar-refractivity contribution in [2.24, 2.45) is 0 Å². The Kier molecular flexibility index (Phi) is 7.50. The third-order valence-corrected chi connectivity index (χ3v) is 5.13. The van der Waals surface area contributed by atoms with Gasteiger partial charge in [0.05, 0.1) is 0 Å². The fourth-order valence-electron chi connectivity index (χ4n) is 3.44. The van der Waals surface area contributed by atoms with Gasteiger partial charge in [-0.25, -0.2) is 4.39 Å². The molecule has 0 bridgehead atoms. The smallest absolute Gasteiger partial charge is 0.242 e. The van der Waals surface area contributed by atoms with Crippen molar-refractivity contribution in [1.29, 1.82) is 0 Å². The van der Waals surface area contributed by atoms with Crippen LogP contribution in [0.3, 0.4) is 0 Å². The lowest BCUT2D eigenvalue weighted by molar-refractivity contribution is -0.140. The van der Waals surface area contributed by atoms with Crippen molar-refractivity contribution < 1.29 is 23.5 Å². The summed E-state index contributed by atoms with van der Waals surface area (Å²) in [5, 5.41) is 2.83. The summed E-state index contributed by atoms with van der Waals surface area (Å²) < 4.78 is 25.4. The number of fused-ring (bicyclic) bond motifs is 1. The molecule has 1 aliphatic rings. The van der Waals surface area contributed by atoms with Gasteiger partial charge in [-0.05, 0) is 51.0 Å². The van der Waals surface area contributed by atoms with Gasteiger partial charge < -0.3 is 19.7 Å². The maximum atomic E-state index is 14.2. The van der Waals surface area contributed by atoms with Gasteiger partial charge in [-0.3, -0.25) is 9.59 Å². The number of rotatable bonds is 8. The Labute approximate surface area is 182 Å². The standard InChI is InChI=1S/C24H29FN2O4/c1-16(2)26-24(29)17(3)27(15-19-6-4-5-7-20(19)25)23(28)11-9-18-8-10-21-22(14-18)31-13-12-30-21/h4-8,10,14,16-17H,9,11-13,15H2,1-3H3,(H,26,29)/t17-/m1/s1. The van der Waals surface area contributed by atoms with Gasteiger partial charge in [0, 0.05) is 24.6 Å². The first kappa shape index (κ1) is 22.6. The summed E-state index contributed by atoms with van der Waals surface area (Å²) in [5.74, 6) is 0.484. The molecule has 1 heterocycles. The Bertz CT molecular complexity index is 932. The average Bonchev–Trinajstić information content (AvgIpc) is 2.76. The van der Waals surface area contributed by atoms with Gasteiger partial charge in [0.25, 0.3) is 0 Å². The summed E-state index contributed by atoms with van der Waals surface area (Å²) in [6.45, 7) is 6.42. The first-order valence-electron chi connectivity index (χ1n) is 10.6. The molecule has 0 aliphatic carbocycles. The van der Waals surface area contributed by atoms with Gasteiger partial charge in [0.15, 0.2) is 11.5 Å². The van der Waals surface area contributed by atoms with Crippen LogP contribution < -0.4 is 14.8 Å². The van der Waals surface area contributed by atoms with E-state index in [1.807, 2.05) is 32.0 Å². The van der Waals surface area contributed by atoms with E-state index in [0.29, 0.717) is 36.7 Å². The Balaban J connectivity index is 1.73. The number of hydrogen-bond acceptors (Lipinski definition) is 4. The highest BCUT2D eigenvalue weighted by Crippen LogP contribution is 2.31. The predicted octanol–water partition coefficient (Wildman–Crippen LogP) is 3.47. The lowest BCUT2D eigenvalue weighted by atomic mass is 10.1. The second kappa shape index (κ2) is 10.3. The van der Waals surface area contributed by atoms with E-state index >= 15 is 0 Å². The molecular weight excluding hydrogens is 399 g/mol. The second-order valence-corrected chi connectivity index (χ2v) is 7.93. The predicted molar refractivity (Wildman–Crippen MR) is 115 cm³/mol. The lowest BCUT2D eigenvalue weighted by Crippen LogP contribution is -2.49.